The first kappa shape index (κ1) is 19.0. The third-order valence-corrected chi connectivity index (χ3v) is 4.69. The Hall–Kier alpha value is -2.38. The van der Waals surface area contributed by atoms with Crippen LogP contribution in [0.3, 0.4) is 0 Å². The van der Waals surface area contributed by atoms with Gasteiger partial charge in [0, 0.05) is 45.3 Å². The maximum absolute atomic E-state index is 13.1. The molecule has 138 valence electrons. The van der Waals surface area contributed by atoms with Crippen molar-refractivity contribution in [3.05, 3.63) is 17.0 Å². The molecule has 0 saturated carbocycles. The van der Waals surface area contributed by atoms with Gasteiger partial charge in [0.2, 0.25) is 11.8 Å². The Bertz CT molecular complexity index is 682. The molecule has 1 fully saturated rings. The number of rotatable bonds is 4. The van der Waals surface area contributed by atoms with Crippen LogP contribution in [0, 0.1) is 19.8 Å². The fourth-order valence-corrected chi connectivity index (χ4v) is 3.26. The van der Waals surface area contributed by atoms with Crippen LogP contribution in [0.25, 0.3) is 0 Å². The predicted octanol–water partition coefficient (Wildman–Crippen LogP) is 0.316. The molecule has 2 heterocycles. The van der Waals surface area contributed by atoms with Crippen LogP contribution in [0.15, 0.2) is 0 Å². The molecular weight excluding hydrogens is 322 g/mol. The molecule has 1 atom stereocenters. The molecule has 0 bridgehead atoms. The van der Waals surface area contributed by atoms with E-state index in [1.165, 1.54) is 6.92 Å². The third kappa shape index (κ3) is 4.00. The summed E-state index contributed by atoms with van der Waals surface area (Å²) in [6.07, 6.45) is 0.927. The van der Waals surface area contributed by atoms with E-state index >= 15 is 0 Å². The molecule has 0 aliphatic carbocycles. The summed E-state index contributed by atoms with van der Waals surface area (Å²) in [6.45, 7) is 9.20. The highest BCUT2D eigenvalue weighted by molar-refractivity contribution is 5.96. The van der Waals surface area contributed by atoms with Gasteiger partial charge in [0.1, 0.15) is 0 Å². The van der Waals surface area contributed by atoms with Gasteiger partial charge in [-0.2, -0.15) is 5.10 Å². The second-order valence-electron chi connectivity index (χ2n) is 6.58. The molecule has 0 unspecified atom stereocenters. The minimum Gasteiger partial charge on any atom is -0.369 e. The SMILES string of the molecule is CCCn1nc(C)c(C(=O)N2CCN(C(C)=O)C[C@@H](C(N)=O)C2)c1C. The van der Waals surface area contributed by atoms with Crippen LogP contribution in [0.5, 0.6) is 0 Å². The molecule has 8 heteroatoms. The molecule has 0 aromatic carbocycles. The van der Waals surface area contributed by atoms with Gasteiger partial charge in [-0.1, -0.05) is 6.92 Å². The lowest BCUT2D eigenvalue weighted by atomic mass is 10.1. The van der Waals surface area contributed by atoms with E-state index in [-0.39, 0.29) is 24.9 Å². The van der Waals surface area contributed by atoms with Crippen molar-refractivity contribution in [1.29, 1.82) is 0 Å². The van der Waals surface area contributed by atoms with Crippen LogP contribution >= 0.6 is 0 Å². The number of carbonyl (C=O) groups is 3. The number of aryl methyl sites for hydroxylation is 2. The van der Waals surface area contributed by atoms with Crippen molar-refractivity contribution in [2.24, 2.45) is 11.7 Å². The van der Waals surface area contributed by atoms with Crippen molar-refractivity contribution in [2.75, 3.05) is 26.2 Å². The van der Waals surface area contributed by atoms with Gasteiger partial charge in [-0.15, -0.1) is 0 Å². The summed E-state index contributed by atoms with van der Waals surface area (Å²) >= 11 is 0. The molecule has 25 heavy (non-hydrogen) atoms. The molecule has 3 amide bonds. The van der Waals surface area contributed by atoms with Gasteiger partial charge >= 0.3 is 0 Å². The van der Waals surface area contributed by atoms with Crippen molar-refractivity contribution >= 4 is 17.7 Å². The minimum atomic E-state index is -0.568. The number of hydrogen-bond donors (Lipinski definition) is 1. The Kier molecular flexibility index (Phi) is 5.81. The molecule has 1 aliphatic rings. The van der Waals surface area contributed by atoms with Crippen molar-refractivity contribution in [3.8, 4) is 0 Å². The first-order valence-corrected chi connectivity index (χ1v) is 8.64. The maximum atomic E-state index is 13.1. The molecule has 8 nitrogen and oxygen atoms in total. The van der Waals surface area contributed by atoms with Crippen molar-refractivity contribution in [1.82, 2.24) is 19.6 Å². The number of carbonyl (C=O) groups excluding carboxylic acids is 3. The Morgan fingerprint density at radius 2 is 1.76 bits per heavy atom. The normalized spacial score (nSPS) is 18.2. The van der Waals surface area contributed by atoms with E-state index in [0.717, 1.165) is 18.7 Å². The Labute approximate surface area is 147 Å². The molecule has 0 spiro atoms. The average Bonchev–Trinajstić information content (AvgIpc) is 2.73. The first-order chi connectivity index (χ1) is 11.8. The predicted molar refractivity (Wildman–Crippen MR) is 92.8 cm³/mol. The third-order valence-electron chi connectivity index (χ3n) is 4.69. The largest absolute Gasteiger partial charge is 0.369 e. The number of aromatic nitrogens is 2. The number of primary amides is 1. The van der Waals surface area contributed by atoms with E-state index in [1.54, 1.807) is 9.80 Å². The molecule has 2 N–H and O–H groups in total. The monoisotopic (exact) mass is 349 g/mol. The van der Waals surface area contributed by atoms with Crippen LogP contribution in [-0.2, 0) is 16.1 Å². The molecule has 1 aromatic rings. The van der Waals surface area contributed by atoms with Crippen molar-refractivity contribution < 1.29 is 14.4 Å². The zero-order valence-corrected chi connectivity index (χ0v) is 15.4. The van der Waals surface area contributed by atoms with Crippen LogP contribution < -0.4 is 5.73 Å². The highest BCUT2D eigenvalue weighted by Gasteiger charge is 2.32. The molecule has 1 aliphatic heterocycles. The van der Waals surface area contributed by atoms with Gasteiger partial charge in [-0.3, -0.25) is 19.1 Å². The van der Waals surface area contributed by atoms with E-state index in [1.807, 2.05) is 18.5 Å². The number of amides is 3. The molecule has 1 saturated heterocycles. The molecule has 2 rings (SSSR count). The van der Waals surface area contributed by atoms with Crippen LogP contribution in [0.1, 0.15) is 42.0 Å². The lowest BCUT2D eigenvalue weighted by molar-refractivity contribution is -0.130. The number of nitrogens with two attached hydrogens (primary N) is 1. The van der Waals surface area contributed by atoms with Gasteiger partial charge in [0.15, 0.2) is 0 Å². The summed E-state index contributed by atoms with van der Waals surface area (Å²) in [4.78, 5) is 39.7. The van der Waals surface area contributed by atoms with Crippen LogP contribution in [0.4, 0.5) is 0 Å². The Balaban J connectivity index is 2.29. The van der Waals surface area contributed by atoms with Crippen molar-refractivity contribution in [2.45, 2.75) is 40.7 Å². The highest BCUT2D eigenvalue weighted by atomic mass is 16.2. The van der Waals surface area contributed by atoms with E-state index in [0.29, 0.717) is 24.3 Å². The van der Waals surface area contributed by atoms with Gasteiger partial charge < -0.3 is 15.5 Å². The number of nitrogens with zero attached hydrogens (tertiary/aromatic N) is 4. The van der Waals surface area contributed by atoms with Crippen LogP contribution in [-0.4, -0.2) is 63.5 Å². The summed E-state index contributed by atoms with van der Waals surface area (Å²) in [6, 6.07) is 0. The minimum absolute atomic E-state index is 0.122. The zero-order chi connectivity index (χ0) is 18.7. The molecular formula is C17H27N5O3. The van der Waals surface area contributed by atoms with E-state index in [9.17, 15) is 14.4 Å². The van der Waals surface area contributed by atoms with Crippen LogP contribution in [0.2, 0.25) is 0 Å². The number of hydrogen-bond acceptors (Lipinski definition) is 4. The van der Waals surface area contributed by atoms with Crippen molar-refractivity contribution in [3.63, 3.8) is 0 Å². The van der Waals surface area contributed by atoms with E-state index in [2.05, 4.69) is 12.0 Å². The Morgan fingerprint density at radius 3 is 2.32 bits per heavy atom. The quantitative estimate of drug-likeness (QED) is 0.845. The zero-order valence-electron chi connectivity index (χ0n) is 15.4. The van der Waals surface area contributed by atoms with Gasteiger partial charge in [0.05, 0.1) is 17.2 Å². The van der Waals surface area contributed by atoms with Gasteiger partial charge in [-0.25, -0.2) is 0 Å². The van der Waals surface area contributed by atoms with E-state index in [4.69, 9.17) is 5.73 Å². The average molecular weight is 349 g/mol. The first-order valence-electron chi connectivity index (χ1n) is 8.64. The second kappa shape index (κ2) is 7.67. The second-order valence-corrected chi connectivity index (χ2v) is 6.58. The fraction of sp³-hybridized carbons (Fsp3) is 0.647. The summed E-state index contributed by atoms with van der Waals surface area (Å²) in [7, 11) is 0. The van der Waals surface area contributed by atoms with E-state index < -0.39 is 11.8 Å². The summed E-state index contributed by atoms with van der Waals surface area (Å²) in [5, 5.41) is 4.45. The lowest BCUT2D eigenvalue weighted by Gasteiger charge is -2.22. The lowest BCUT2D eigenvalue weighted by Crippen LogP contribution is -2.41. The smallest absolute Gasteiger partial charge is 0.257 e. The standard InChI is InChI=1S/C17H27N5O3/c1-5-6-22-12(3)15(11(2)19-22)17(25)21-8-7-20(13(4)23)9-14(10-21)16(18)24/h14H,5-10H2,1-4H3,(H2,18,24)/t14-/m1/s1. The Morgan fingerprint density at radius 1 is 1.16 bits per heavy atom. The topological polar surface area (TPSA) is 102 Å². The summed E-state index contributed by atoms with van der Waals surface area (Å²) in [5.41, 5.74) is 7.56. The molecule has 0 radical (unpaired) electrons. The fourth-order valence-electron chi connectivity index (χ4n) is 3.26. The molecule has 1 aromatic heterocycles. The van der Waals surface area contributed by atoms with Gasteiger partial charge in [0.25, 0.3) is 5.91 Å². The highest BCUT2D eigenvalue weighted by Crippen LogP contribution is 2.19. The summed E-state index contributed by atoms with van der Waals surface area (Å²) < 4.78 is 1.84. The van der Waals surface area contributed by atoms with Gasteiger partial charge in [-0.05, 0) is 20.3 Å². The summed E-state index contributed by atoms with van der Waals surface area (Å²) in [5.74, 6) is -1.35. The maximum Gasteiger partial charge on any atom is 0.257 e.